The third-order valence-electron chi connectivity index (χ3n) is 6.53. The highest BCUT2D eigenvalue weighted by Gasteiger charge is 2.38. The van der Waals surface area contributed by atoms with E-state index in [1.807, 2.05) is 13.8 Å². The SMILES string of the molecule is CCN(CC)CCCS(=O)(=O)N1CC[C@H](Nc2ncc(C(F)(F)F)c(-c3cnn(CC(C)(C)O)c3)n2)[C@H](F)C1. The normalized spacial score (nSPS) is 19.5. The van der Waals surface area contributed by atoms with Crippen LogP contribution in [-0.2, 0) is 22.7 Å². The van der Waals surface area contributed by atoms with Crippen molar-refractivity contribution in [2.75, 3.05) is 43.8 Å². The van der Waals surface area contributed by atoms with Crippen molar-refractivity contribution < 1.29 is 31.1 Å². The molecule has 2 atom stereocenters. The Balaban J connectivity index is 1.71. The van der Waals surface area contributed by atoms with Crippen molar-refractivity contribution in [3.8, 4) is 11.3 Å². The predicted octanol–water partition coefficient (Wildman–Crippen LogP) is 3.02. The van der Waals surface area contributed by atoms with E-state index in [4.69, 9.17) is 0 Å². The zero-order valence-corrected chi connectivity index (χ0v) is 23.4. The molecule has 2 aromatic rings. The molecule has 1 aliphatic rings. The highest BCUT2D eigenvalue weighted by Crippen LogP contribution is 2.36. The maximum Gasteiger partial charge on any atom is 0.419 e. The van der Waals surface area contributed by atoms with Crippen LogP contribution in [0.4, 0.5) is 23.5 Å². The van der Waals surface area contributed by atoms with Crippen LogP contribution in [0.25, 0.3) is 11.3 Å². The first kappa shape index (κ1) is 31.2. The van der Waals surface area contributed by atoms with Gasteiger partial charge in [-0.3, -0.25) is 4.68 Å². The first-order chi connectivity index (χ1) is 18.1. The van der Waals surface area contributed by atoms with Crippen LogP contribution in [0.2, 0.25) is 0 Å². The first-order valence-electron chi connectivity index (χ1n) is 12.9. The average Bonchev–Trinajstić information content (AvgIpc) is 3.29. The number of aliphatic hydroxyl groups is 1. The lowest BCUT2D eigenvalue weighted by Crippen LogP contribution is -2.50. The fraction of sp³-hybridized carbons (Fsp3) is 0.708. The van der Waals surface area contributed by atoms with Crippen LogP contribution >= 0.6 is 0 Å². The van der Waals surface area contributed by atoms with Gasteiger partial charge >= 0.3 is 6.18 Å². The van der Waals surface area contributed by atoms with Crippen LogP contribution in [0.1, 0.15) is 46.1 Å². The Hall–Kier alpha value is -2.36. The second kappa shape index (κ2) is 12.4. The van der Waals surface area contributed by atoms with Gasteiger partial charge in [0.2, 0.25) is 16.0 Å². The standard InChI is InChI=1S/C24H37F4N7O3S/c1-5-33(6-2)9-7-11-39(37,38)35-10-8-20(19(25)15-35)31-22-29-13-18(24(26,27)28)21(32-22)17-12-30-34(14-17)16-23(3,4)36/h12-14,19-20,36H,5-11,15-16H2,1-4H3,(H,29,31,32)/t19-,20+/m1/s1. The number of aromatic nitrogens is 4. The van der Waals surface area contributed by atoms with Crippen molar-refractivity contribution in [2.24, 2.45) is 0 Å². The summed E-state index contributed by atoms with van der Waals surface area (Å²) < 4.78 is 84.1. The molecular weight excluding hydrogens is 542 g/mol. The second-order valence-corrected chi connectivity index (χ2v) is 12.4. The summed E-state index contributed by atoms with van der Waals surface area (Å²) in [6, 6.07) is -0.880. The molecule has 2 aromatic heterocycles. The summed E-state index contributed by atoms with van der Waals surface area (Å²) >= 11 is 0. The lowest BCUT2D eigenvalue weighted by molar-refractivity contribution is -0.137. The summed E-state index contributed by atoms with van der Waals surface area (Å²) in [4.78, 5) is 9.89. The smallest absolute Gasteiger partial charge is 0.389 e. The molecule has 0 aliphatic carbocycles. The lowest BCUT2D eigenvalue weighted by atomic mass is 10.1. The molecule has 39 heavy (non-hydrogen) atoms. The van der Waals surface area contributed by atoms with E-state index < -0.39 is 45.3 Å². The number of rotatable bonds is 12. The van der Waals surface area contributed by atoms with Gasteiger partial charge in [0, 0.05) is 31.0 Å². The molecule has 0 bridgehead atoms. The van der Waals surface area contributed by atoms with E-state index in [0.29, 0.717) is 19.2 Å². The maximum atomic E-state index is 15.1. The van der Waals surface area contributed by atoms with Gasteiger partial charge in [-0.15, -0.1) is 0 Å². The Morgan fingerprint density at radius 1 is 1.21 bits per heavy atom. The van der Waals surface area contributed by atoms with Crippen molar-refractivity contribution >= 4 is 16.0 Å². The first-order valence-corrected chi connectivity index (χ1v) is 14.5. The van der Waals surface area contributed by atoms with Gasteiger partial charge in [-0.25, -0.2) is 22.8 Å². The number of sulfonamides is 1. The quantitative estimate of drug-likeness (QED) is 0.369. The number of nitrogens with zero attached hydrogens (tertiary/aromatic N) is 6. The van der Waals surface area contributed by atoms with Crippen LogP contribution in [0, 0.1) is 0 Å². The topological polar surface area (TPSA) is 116 Å². The Kier molecular flexibility index (Phi) is 9.94. The number of hydrogen-bond donors (Lipinski definition) is 2. The molecule has 0 saturated carbocycles. The number of piperidine rings is 1. The summed E-state index contributed by atoms with van der Waals surface area (Å²) in [7, 11) is -3.64. The van der Waals surface area contributed by atoms with Crippen molar-refractivity contribution in [3.05, 3.63) is 24.2 Å². The Bertz CT molecular complexity index is 1200. The third kappa shape index (κ3) is 8.56. The fourth-order valence-corrected chi connectivity index (χ4v) is 5.95. The monoisotopic (exact) mass is 579 g/mol. The van der Waals surface area contributed by atoms with Gasteiger partial charge in [-0.2, -0.15) is 22.6 Å². The number of anilines is 1. The predicted molar refractivity (Wildman–Crippen MR) is 139 cm³/mol. The van der Waals surface area contributed by atoms with E-state index in [1.54, 1.807) is 13.8 Å². The molecule has 0 radical (unpaired) electrons. The summed E-state index contributed by atoms with van der Waals surface area (Å²) in [5.41, 5.74) is -2.61. The Morgan fingerprint density at radius 3 is 2.49 bits per heavy atom. The summed E-state index contributed by atoms with van der Waals surface area (Å²) in [6.45, 7) is 9.10. The minimum Gasteiger partial charge on any atom is -0.389 e. The molecule has 1 saturated heterocycles. The number of nitrogens with one attached hydrogen (secondary N) is 1. The Morgan fingerprint density at radius 2 is 1.90 bits per heavy atom. The van der Waals surface area contributed by atoms with Gasteiger partial charge in [0.05, 0.1) is 35.8 Å². The maximum absolute atomic E-state index is 15.1. The van der Waals surface area contributed by atoms with E-state index in [9.17, 15) is 26.7 Å². The van der Waals surface area contributed by atoms with Gasteiger partial charge in [0.1, 0.15) is 11.7 Å². The zero-order valence-electron chi connectivity index (χ0n) is 22.6. The number of halogens is 4. The molecule has 220 valence electrons. The van der Waals surface area contributed by atoms with Crippen molar-refractivity contribution in [1.82, 2.24) is 29.0 Å². The van der Waals surface area contributed by atoms with Crippen LogP contribution < -0.4 is 5.32 Å². The highest BCUT2D eigenvalue weighted by molar-refractivity contribution is 7.89. The van der Waals surface area contributed by atoms with E-state index in [1.165, 1.54) is 17.1 Å². The van der Waals surface area contributed by atoms with Gasteiger partial charge < -0.3 is 15.3 Å². The molecular formula is C24H37F4N7O3S. The molecule has 2 N–H and O–H groups in total. The molecule has 3 heterocycles. The largest absolute Gasteiger partial charge is 0.419 e. The Labute approximate surface area is 226 Å². The van der Waals surface area contributed by atoms with Crippen molar-refractivity contribution in [2.45, 2.75) is 71.1 Å². The molecule has 0 amide bonds. The average molecular weight is 580 g/mol. The van der Waals surface area contributed by atoms with Gasteiger partial charge in [0.15, 0.2) is 0 Å². The molecule has 3 rings (SSSR count). The van der Waals surface area contributed by atoms with Gasteiger partial charge in [-0.1, -0.05) is 13.8 Å². The molecule has 0 unspecified atom stereocenters. The van der Waals surface area contributed by atoms with Crippen molar-refractivity contribution in [3.63, 3.8) is 0 Å². The zero-order chi connectivity index (χ0) is 29.0. The van der Waals surface area contributed by atoms with Crippen molar-refractivity contribution in [1.29, 1.82) is 0 Å². The van der Waals surface area contributed by atoms with Gasteiger partial charge in [-0.05, 0) is 46.3 Å². The van der Waals surface area contributed by atoms with E-state index in [-0.39, 0.29) is 43.3 Å². The van der Waals surface area contributed by atoms with Crippen LogP contribution in [-0.4, -0.2) is 98.8 Å². The molecule has 15 heteroatoms. The molecule has 0 aromatic carbocycles. The fourth-order valence-electron chi connectivity index (χ4n) is 4.45. The molecule has 1 aliphatic heterocycles. The minimum atomic E-state index is -4.75. The summed E-state index contributed by atoms with van der Waals surface area (Å²) in [6.07, 6.45) is -2.66. The third-order valence-corrected chi connectivity index (χ3v) is 8.46. The van der Waals surface area contributed by atoms with Crippen LogP contribution in [0.3, 0.4) is 0 Å². The molecule has 10 nitrogen and oxygen atoms in total. The van der Waals surface area contributed by atoms with Gasteiger partial charge in [0.25, 0.3) is 0 Å². The molecule has 1 fully saturated rings. The number of alkyl halides is 4. The lowest BCUT2D eigenvalue weighted by Gasteiger charge is -2.34. The number of hydrogen-bond acceptors (Lipinski definition) is 8. The second-order valence-electron chi connectivity index (χ2n) is 10.3. The summed E-state index contributed by atoms with van der Waals surface area (Å²) in [5.74, 6) is -0.294. The highest BCUT2D eigenvalue weighted by atomic mass is 32.2. The van der Waals surface area contributed by atoms with E-state index >= 15 is 4.39 Å². The van der Waals surface area contributed by atoms with E-state index in [0.717, 1.165) is 17.4 Å². The van der Waals surface area contributed by atoms with E-state index in [2.05, 4.69) is 25.3 Å². The minimum absolute atomic E-state index is 0.0466. The summed E-state index contributed by atoms with van der Waals surface area (Å²) in [5, 5.41) is 16.7. The molecule has 0 spiro atoms. The van der Waals surface area contributed by atoms with Crippen LogP contribution in [0.15, 0.2) is 18.6 Å². The van der Waals surface area contributed by atoms with Crippen LogP contribution in [0.5, 0.6) is 0 Å².